The monoisotopic (exact) mass is 139 g/mol. The van der Waals surface area contributed by atoms with Gasteiger partial charge in [0.2, 0.25) is 0 Å². The molecule has 1 saturated carbocycles. The van der Waals surface area contributed by atoms with Gasteiger partial charge in [-0.2, -0.15) is 0 Å². The zero-order chi connectivity index (χ0) is 7.45. The average Bonchev–Trinajstić information content (AvgIpc) is 1.89. The van der Waals surface area contributed by atoms with E-state index in [-0.39, 0.29) is 5.54 Å². The van der Waals surface area contributed by atoms with Gasteiger partial charge in [0, 0.05) is 10.5 Å². The minimum atomic E-state index is -0.0625. The van der Waals surface area contributed by atoms with Crippen LogP contribution in [0.5, 0.6) is 0 Å². The molecule has 0 aromatic rings. The molecular formula is C7H13N3. The first-order chi connectivity index (χ1) is 4.77. The van der Waals surface area contributed by atoms with E-state index < -0.39 is 0 Å². The van der Waals surface area contributed by atoms with Gasteiger partial charge < -0.3 is 0 Å². The van der Waals surface area contributed by atoms with Crippen LogP contribution in [0.1, 0.15) is 39.0 Å². The molecule has 0 aromatic carbocycles. The van der Waals surface area contributed by atoms with Crippen LogP contribution >= 0.6 is 0 Å². The van der Waals surface area contributed by atoms with Gasteiger partial charge in [0.1, 0.15) is 0 Å². The third-order valence-electron chi connectivity index (χ3n) is 2.22. The predicted octanol–water partition coefficient (Wildman–Crippen LogP) is 3.02. The van der Waals surface area contributed by atoms with Gasteiger partial charge in [0.05, 0.1) is 0 Å². The summed E-state index contributed by atoms with van der Waals surface area (Å²) in [5.41, 5.74) is 8.18. The van der Waals surface area contributed by atoms with E-state index in [9.17, 15) is 0 Å². The first-order valence-electron chi connectivity index (χ1n) is 3.83. The van der Waals surface area contributed by atoms with Crippen LogP contribution in [-0.4, -0.2) is 5.54 Å². The van der Waals surface area contributed by atoms with Crippen LogP contribution in [-0.2, 0) is 0 Å². The van der Waals surface area contributed by atoms with Crippen molar-refractivity contribution < 1.29 is 0 Å². The lowest BCUT2D eigenvalue weighted by molar-refractivity contribution is 0.322. The van der Waals surface area contributed by atoms with Crippen molar-refractivity contribution in [1.82, 2.24) is 0 Å². The number of hydrogen-bond acceptors (Lipinski definition) is 1. The van der Waals surface area contributed by atoms with Gasteiger partial charge >= 0.3 is 0 Å². The van der Waals surface area contributed by atoms with E-state index in [0.29, 0.717) is 0 Å². The molecule has 0 N–H and O–H groups in total. The molecule has 0 aromatic heterocycles. The maximum absolute atomic E-state index is 8.24. The Morgan fingerprint density at radius 2 is 1.90 bits per heavy atom. The van der Waals surface area contributed by atoms with Gasteiger partial charge in [0.15, 0.2) is 0 Å². The SMILES string of the molecule is CC1(N=[N+]=[N-])CCCCC1. The van der Waals surface area contributed by atoms with E-state index in [4.69, 9.17) is 5.53 Å². The van der Waals surface area contributed by atoms with Gasteiger partial charge in [-0.15, -0.1) is 0 Å². The standard InChI is InChI=1S/C7H13N3/c1-7(9-10-8)5-3-2-4-6-7/h2-6H2,1H3. The molecule has 1 aliphatic carbocycles. The molecule has 0 atom stereocenters. The van der Waals surface area contributed by atoms with Gasteiger partial charge in [-0.25, -0.2) is 0 Å². The molecule has 0 aliphatic heterocycles. The third kappa shape index (κ3) is 1.64. The molecule has 3 nitrogen and oxygen atoms in total. The first-order valence-corrected chi connectivity index (χ1v) is 3.83. The van der Waals surface area contributed by atoms with E-state index in [2.05, 4.69) is 10.0 Å². The lowest BCUT2D eigenvalue weighted by atomic mass is 9.84. The molecule has 0 bridgehead atoms. The quantitative estimate of drug-likeness (QED) is 0.304. The van der Waals surface area contributed by atoms with Gasteiger partial charge in [-0.05, 0) is 18.4 Å². The van der Waals surface area contributed by atoms with Crippen LogP contribution in [0.4, 0.5) is 0 Å². The highest BCUT2D eigenvalue weighted by Gasteiger charge is 2.24. The number of nitrogens with zero attached hydrogens (tertiary/aromatic N) is 3. The largest absolute Gasteiger partial charge is 0.0876 e. The highest BCUT2D eigenvalue weighted by molar-refractivity contribution is 4.86. The van der Waals surface area contributed by atoms with Gasteiger partial charge in [-0.1, -0.05) is 31.3 Å². The average molecular weight is 139 g/mol. The van der Waals surface area contributed by atoms with E-state index >= 15 is 0 Å². The van der Waals surface area contributed by atoms with E-state index in [1.54, 1.807) is 0 Å². The molecule has 0 unspecified atom stereocenters. The molecule has 0 spiro atoms. The summed E-state index contributed by atoms with van der Waals surface area (Å²) < 4.78 is 0. The van der Waals surface area contributed by atoms with E-state index in [1.165, 1.54) is 19.3 Å². The highest BCUT2D eigenvalue weighted by Crippen LogP contribution is 2.30. The number of azide groups is 1. The second kappa shape index (κ2) is 2.93. The van der Waals surface area contributed by atoms with Crippen molar-refractivity contribution in [2.24, 2.45) is 5.11 Å². The summed E-state index contributed by atoms with van der Waals surface area (Å²) in [7, 11) is 0. The molecule has 1 aliphatic rings. The molecule has 10 heavy (non-hydrogen) atoms. The Balaban J connectivity index is 2.56. The zero-order valence-corrected chi connectivity index (χ0v) is 6.38. The van der Waals surface area contributed by atoms with Gasteiger partial charge in [0.25, 0.3) is 0 Å². The third-order valence-corrected chi connectivity index (χ3v) is 2.22. The highest BCUT2D eigenvalue weighted by atomic mass is 15.2. The summed E-state index contributed by atoms with van der Waals surface area (Å²) in [6, 6.07) is 0. The zero-order valence-electron chi connectivity index (χ0n) is 6.38. The smallest absolute Gasteiger partial charge is 0.0460 e. The maximum atomic E-state index is 8.24. The summed E-state index contributed by atoms with van der Waals surface area (Å²) in [5, 5.41) is 3.80. The maximum Gasteiger partial charge on any atom is 0.0460 e. The Kier molecular flexibility index (Phi) is 2.17. The van der Waals surface area contributed by atoms with Crippen LogP contribution in [0.25, 0.3) is 10.4 Å². The van der Waals surface area contributed by atoms with Crippen LogP contribution in [0, 0.1) is 0 Å². The van der Waals surface area contributed by atoms with Crippen LogP contribution in [0.3, 0.4) is 0 Å². The van der Waals surface area contributed by atoms with E-state index in [0.717, 1.165) is 12.8 Å². The van der Waals surface area contributed by atoms with Crippen LogP contribution in [0.15, 0.2) is 5.11 Å². The second-order valence-corrected chi connectivity index (χ2v) is 3.25. The molecule has 0 radical (unpaired) electrons. The van der Waals surface area contributed by atoms with Crippen molar-refractivity contribution in [2.45, 2.75) is 44.6 Å². The lowest BCUT2D eigenvalue weighted by Crippen LogP contribution is -2.23. The van der Waals surface area contributed by atoms with Gasteiger partial charge in [-0.3, -0.25) is 0 Å². The Labute approximate surface area is 61.1 Å². The predicted molar refractivity (Wildman–Crippen MR) is 40.6 cm³/mol. The van der Waals surface area contributed by atoms with Crippen molar-refractivity contribution >= 4 is 0 Å². The van der Waals surface area contributed by atoms with Crippen molar-refractivity contribution in [3.63, 3.8) is 0 Å². The molecule has 0 amide bonds. The Morgan fingerprint density at radius 1 is 1.30 bits per heavy atom. The molecular weight excluding hydrogens is 126 g/mol. The topological polar surface area (TPSA) is 48.8 Å². The van der Waals surface area contributed by atoms with Crippen molar-refractivity contribution in [3.05, 3.63) is 10.4 Å². The minimum Gasteiger partial charge on any atom is -0.0876 e. The summed E-state index contributed by atoms with van der Waals surface area (Å²) in [6.45, 7) is 2.05. The van der Waals surface area contributed by atoms with Crippen molar-refractivity contribution in [2.75, 3.05) is 0 Å². The Morgan fingerprint density at radius 3 is 2.40 bits per heavy atom. The van der Waals surface area contributed by atoms with Crippen molar-refractivity contribution in [3.8, 4) is 0 Å². The first kappa shape index (κ1) is 7.42. The Bertz CT molecular complexity index is 152. The normalized spacial score (nSPS) is 23.3. The summed E-state index contributed by atoms with van der Waals surface area (Å²) in [5.74, 6) is 0. The lowest BCUT2D eigenvalue weighted by Gasteiger charge is -2.27. The fourth-order valence-corrected chi connectivity index (χ4v) is 1.52. The van der Waals surface area contributed by atoms with E-state index in [1.807, 2.05) is 6.92 Å². The minimum absolute atomic E-state index is 0.0625. The summed E-state index contributed by atoms with van der Waals surface area (Å²) in [6.07, 6.45) is 5.87. The molecule has 0 saturated heterocycles. The molecule has 1 fully saturated rings. The summed E-state index contributed by atoms with van der Waals surface area (Å²) >= 11 is 0. The van der Waals surface area contributed by atoms with Crippen LogP contribution < -0.4 is 0 Å². The molecule has 1 rings (SSSR count). The Hall–Kier alpha value is -0.690. The summed E-state index contributed by atoms with van der Waals surface area (Å²) in [4.78, 5) is 2.86. The second-order valence-electron chi connectivity index (χ2n) is 3.25. The molecule has 56 valence electrons. The number of rotatable bonds is 1. The fraction of sp³-hybridized carbons (Fsp3) is 1.00. The number of hydrogen-bond donors (Lipinski definition) is 0. The fourth-order valence-electron chi connectivity index (χ4n) is 1.52. The molecule has 3 heteroatoms. The van der Waals surface area contributed by atoms with Crippen molar-refractivity contribution in [1.29, 1.82) is 0 Å². The van der Waals surface area contributed by atoms with Crippen LogP contribution in [0.2, 0.25) is 0 Å². The molecule has 0 heterocycles.